The van der Waals surface area contributed by atoms with Crippen molar-refractivity contribution in [3.8, 4) is 0 Å². The third kappa shape index (κ3) is 3.30. The second-order valence-electron chi connectivity index (χ2n) is 4.88. The summed E-state index contributed by atoms with van der Waals surface area (Å²) in [6, 6.07) is 11.1. The third-order valence-electron chi connectivity index (χ3n) is 3.19. The molecule has 1 amide bonds. The number of carbonyl (C=O) groups is 1. The molecule has 0 unspecified atom stereocenters. The minimum atomic E-state index is -4.50. The Morgan fingerprint density at radius 2 is 1.67 bits per heavy atom. The molecule has 0 aliphatic rings. The second kappa shape index (κ2) is 6.09. The van der Waals surface area contributed by atoms with Gasteiger partial charge in [0.2, 0.25) is 0 Å². The Morgan fingerprint density at radius 1 is 1.00 bits per heavy atom. The summed E-state index contributed by atoms with van der Waals surface area (Å²) in [7, 11) is 0. The van der Waals surface area contributed by atoms with Gasteiger partial charge in [0.05, 0.1) is 16.6 Å². The van der Waals surface area contributed by atoms with E-state index >= 15 is 0 Å². The van der Waals surface area contributed by atoms with Crippen molar-refractivity contribution in [1.82, 2.24) is 9.97 Å². The first-order valence-electron chi connectivity index (χ1n) is 6.75. The van der Waals surface area contributed by atoms with Crippen LogP contribution < -0.4 is 5.32 Å². The van der Waals surface area contributed by atoms with Crippen molar-refractivity contribution in [1.29, 1.82) is 0 Å². The van der Waals surface area contributed by atoms with Gasteiger partial charge in [-0.25, -0.2) is 9.97 Å². The van der Waals surface area contributed by atoms with E-state index in [0.717, 1.165) is 12.1 Å². The van der Waals surface area contributed by atoms with Crippen molar-refractivity contribution in [3.05, 3.63) is 64.9 Å². The summed E-state index contributed by atoms with van der Waals surface area (Å²) in [5, 5.41) is 2.22. The molecule has 0 spiro atoms. The molecule has 0 aliphatic heterocycles. The highest BCUT2D eigenvalue weighted by Crippen LogP contribution is 2.30. The maximum Gasteiger partial charge on any atom is 0.416 e. The van der Waals surface area contributed by atoms with E-state index in [9.17, 15) is 18.0 Å². The molecule has 0 saturated heterocycles. The van der Waals surface area contributed by atoms with E-state index < -0.39 is 17.6 Å². The van der Waals surface area contributed by atoms with Crippen molar-refractivity contribution in [2.24, 2.45) is 0 Å². The van der Waals surface area contributed by atoms with E-state index in [4.69, 9.17) is 11.6 Å². The lowest BCUT2D eigenvalue weighted by molar-refractivity contribution is -0.137. The molecule has 4 nitrogen and oxygen atoms in total. The van der Waals surface area contributed by atoms with Gasteiger partial charge < -0.3 is 5.32 Å². The van der Waals surface area contributed by atoms with E-state index in [1.165, 1.54) is 12.1 Å². The fourth-order valence-electron chi connectivity index (χ4n) is 2.09. The normalized spacial score (nSPS) is 11.5. The zero-order valence-corrected chi connectivity index (χ0v) is 12.7. The molecule has 3 aromatic rings. The van der Waals surface area contributed by atoms with E-state index in [0.29, 0.717) is 11.0 Å². The van der Waals surface area contributed by atoms with Gasteiger partial charge in [-0.05, 0) is 30.3 Å². The smallest absolute Gasteiger partial charge is 0.321 e. The van der Waals surface area contributed by atoms with Gasteiger partial charge in [0.15, 0.2) is 10.8 Å². The molecule has 2 aromatic carbocycles. The fraction of sp³-hybridized carbons (Fsp3) is 0.0625. The van der Waals surface area contributed by atoms with Crippen LogP contribution in [0.15, 0.2) is 48.5 Å². The number of nitrogens with one attached hydrogen (secondary N) is 1. The number of benzene rings is 2. The van der Waals surface area contributed by atoms with Gasteiger partial charge in [0.25, 0.3) is 5.91 Å². The van der Waals surface area contributed by atoms with Crippen molar-refractivity contribution in [2.75, 3.05) is 5.32 Å². The van der Waals surface area contributed by atoms with E-state index in [2.05, 4.69) is 15.3 Å². The summed E-state index contributed by atoms with van der Waals surface area (Å²) in [5.41, 5.74) is -0.0705. The Hall–Kier alpha value is -2.67. The summed E-state index contributed by atoms with van der Waals surface area (Å²) in [6.45, 7) is 0. The van der Waals surface area contributed by atoms with Crippen LogP contribution in [0, 0.1) is 0 Å². The molecule has 0 fully saturated rings. The maximum absolute atomic E-state index is 12.7. The van der Waals surface area contributed by atoms with Crippen LogP contribution >= 0.6 is 11.6 Å². The molecule has 1 N–H and O–H groups in total. The molecule has 8 heteroatoms. The van der Waals surface area contributed by atoms with Crippen LogP contribution in [0.3, 0.4) is 0 Å². The molecule has 24 heavy (non-hydrogen) atoms. The molecule has 1 heterocycles. The van der Waals surface area contributed by atoms with Gasteiger partial charge in [0.1, 0.15) is 0 Å². The number of hydrogen-bond donors (Lipinski definition) is 1. The van der Waals surface area contributed by atoms with Crippen molar-refractivity contribution >= 4 is 34.2 Å². The number of anilines is 1. The van der Waals surface area contributed by atoms with Crippen LogP contribution in [-0.2, 0) is 6.18 Å². The maximum atomic E-state index is 12.7. The molecule has 0 bridgehead atoms. The summed E-state index contributed by atoms with van der Waals surface area (Å²) >= 11 is 5.95. The Kier molecular flexibility index (Phi) is 4.11. The monoisotopic (exact) mass is 351 g/mol. The van der Waals surface area contributed by atoms with Gasteiger partial charge in [-0.15, -0.1) is 0 Å². The number of fused-ring (bicyclic) bond motifs is 1. The van der Waals surface area contributed by atoms with E-state index in [-0.39, 0.29) is 16.5 Å². The van der Waals surface area contributed by atoms with Crippen LogP contribution in [-0.4, -0.2) is 15.9 Å². The number of carbonyl (C=O) groups excluding carboxylic acids is 1. The molecule has 0 atom stereocenters. The number of hydrogen-bond acceptors (Lipinski definition) is 3. The van der Waals surface area contributed by atoms with Gasteiger partial charge >= 0.3 is 6.18 Å². The van der Waals surface area contributed by atoms with E-state index in [1.807, 2.05) is 0 Å². The quantitative estimate of drug-likeness (QED) is 0.736. The molecule has 122 valence electrons. The van der Waals surface area contributed by atoms with Crippen molar-refractivity contribution < 1.29 is 18.0 Å². The van der Waals surface area contributed by atoms with Crippen LogP contribution in [0.1, 0.15) is 16.1 Å². The van der Waals surface area contributed by atoms with Crippen LogP contribution in [0.25, 0.3) is 11.0 Å². The van der Waals surface area contributed by atoms with Gasteiger partial charge in [-0.2, -0.15) is 13.2 Å². The predicted molar refractivity (Wildman–Crippen MR) is 83.9 cm³/mol. The van der Waals surface area contributed by atoms with Crippen LogP contribution in [0.4, 0.5) is 18.9 Å². The number of halogens is 4. The Labute approximate surface area is 139 Å². The first-order chi connectivity index (χ1) is 11.3. The average molecular weight is 352 g/mol. The third-order valence-corrected chi connectivity index (χ3v) is 3.45. The fourth-order valence-corrected chi connectivity index (χ4v) is 2.31. The molecule has 0 aliphatic carbocycles. The molecule has 0 radical (unpaired) electrons. The minimum absolute atomic E-state index is 0.0131. The topological polar surface area (TPSA) is 54.9 Å². The standard InChI is InChI=1S/C16H9ClF3N3O/c17-14-13(22-11-6-1-2-7-12(11)23-14)15(24)21-10-5-3-4-9(8-10)16(18,19)20/h1-8H,(H,21,24). The highest BCUT2D eigenvalue weighted by Gasteiger charge is 2.30. The Balaban J connectivity index is 1.92. The van der Waals surface area contributed by atoms with Crippen LogP contribution in [0.2, 0.25) is 5.15 Å². The van der Waals surface area contributed by atoms with E-state index in [1.54, 1.807) is 24.3 Å². The lowest BCUT2D eigenvalue weighted by Gasteiger charge is -2.10. The van der Waals surface area contributed by atoms with Gasteiger partial charge in [-0.1, -0.05) is 29.8 Å². The highest BCUT2D eigenvalue weighted by molar-refractivity contribution is 6.33. The zero-order chi connectivity index (χ0) is 17.3. The first kappa shape index (κ1) is 16.2. The minimum Gasteiger partial charge on any atom is -0.321 e. The van der Waals surface area contributed by atoms with Crippen LogP contribution in [0.5, 0.6) is 0 Å². The highest BCUT2D eigenvalue weighted by atomic mass is 35.5. The summed E-state index contributed by atoms with van der Waals surface area (Å²) in [4.78, 5) is 20.4. The zero-order valence-electron chi connectivity index (χ0n) is 11.9. The number of alkyl halides is 3. The summed E-state index contributed by atoms with van der Waals surface area (Å²) in [6.07, 6.45) is -4.50. The molecule has 1 aromatic heterocycles. The number of para-hydroxylation sites is 2. The number of amides is 1. The Morgan fingerprint density at radius 3 is 2.33 bits per heavy atom. The molecular formula is C16H9ClF3N3O. The number of nitrogens with zero attached hydrogens (tertiary/aromatic N) is 2. The molecular weight excluding hydrogens is 343 g/mol. The van der Waals surface area contributed by atoms with Crippen molar-refractivity contribution in [3.63, 3.8) is 0 Å². The number of aromatic nitrogens is 2. The SMILES string of the molecule is O=C(Nc1cccc(C(F)(F)F)c1)c1nc2ccccc2nc1Cl. The predicted octanol–water partition coefficient (Wildman–Crippen LogP) is 4.55. The summed E-state index contributed by atoms with van der Waals surface area (Å²) in [5.74, 6) is -0.738. The Bertz CT molecular complexity index is 928. The van der Waals surface area contributed by atoms with Crippen molar-refractivity contribution in [2.45, 2.75) is 6.18 Å². The van der Waals surface area contributed by atoms with Gasteiger partial charge in [0, 0.05) is 5.69 Å². The largest absolute Gasteiger partial charge is 0.416 e. The number of rotatable bonds is 2. The lowest BCUT2D eigenvalue weighted by atomic mass is 10.2. The van der Waals surface area contributed by atoms with Gasteiger partial charge in [-0.3, -0.25) is 4.79 Å². The average Bonchev–Trinajstić information content (AvgIpc) is 2.53. The summed E-state index contributed by atoms with van der Waals surface area (Å²) < 4.78 is 38.1. The lowest BCUT2D eigenvalue weighted by Crippen LogP contribution is -2.16. The first-order valence-corrected chi connectivity index (χ1v) is 7.13. The molecule has 3 rings (SSSR count). The second-order valence-corrected chi connectivity index (χ2v) is 5.24. The molecule has 0 saturated carbocycles.